The fraction of sp³-hybridized carbons (Fsp3) is 0.300. The average Bonchev–Trinajstić information content (AvgIpc) is 2.65. The molecule has 0 aliphatic carbocycles. The Labute approximate surface area is 126 Å². The molecule has 9 heteroatoms. The molecule has 19 heavy (non-hydrogen) atoms. The number of carbonyl (C=O) groups excluding carboxylic acids is 1. The van der Waals surface area contributed by atoms with E-state index in [2.05, 4.69) is 31.9 Å². The second-order valence-electron chi connectivity index (χ2n) is 4.13. The first kappa shape index (κ1) is 14.7. The van der Waals surface area contributed by atoms with Crippen molar-refractivity contribution in [2.45, 2.75) is 11.7 Å². The van der Waals surface area contributed by atoms with Gasteiger partial charge in [-0.1, -0.05) is 0 Å². The van der Waals surface area contributed by atoms with Gasteiger partial charge in [-0.3, -0.25) is 4.79 Å². The smallest absolute Gasteiger partial charge is 0.307 e. The molecule has 104 valence electrons. The van der Waals surface area contributed by atoms with Crippen molar-refractivity contribution >= 4 is 59.4 Å². The van der Waals surface area contributed by atoms with Gasteiger partial charge >= 0.3 is 10.2 Å². The highest BCUT2D eigenvalue weighted by molar-refractivity contribution is 9.13. The first-order valence-electron chi connectivity index (χ1n) is 5.18. The quantitative estimate of drug-likeness (QED) is 0.593. The molecule has 1 unspecified atom stereocenters. The van der Waals surface area contributed by atoms with Crippen LogP contribution >= 0.6 is 31.9 Å². The Morgan fingerprint density at radius 3 is 2.42 bits per heavy atom. The summed E-state index contributed by atoms with van der Waals surface area (Å²) >= 11 is 6.53. The molecule has 1 aliphatic rings. The second kappa shape index (κ2) is 5.02. The molecule has 2 rings (SSSR count). The summed E-state index contributed by atoms with van der Waals surface area (Å²) in [7, 11) is -4.73. The molecule has 5 nitrogen and oxygen atoms in total. The SMILES string of the molecule is Nc1cc(Br)c(Br)cc1N1CC(S(=O)(=O)F)CC1=O. The summed E-state index contributed by atoms with van der Waals surface area (Å²) in [6.45, 7) is -0.226. The van der Waals surface area contributed by atoms with Crippen LogP contribution in [0.25, 0.3) is 0 Å². The zero-order chi connectivity index (χ0) is 14.4. The van der Waals surface area contributed by atoms with E-state index in [1.54, 1.807) is 12.1 Å². The third-order valence-electron chi connectivity index (χ3n) is 2.85. The van der Waals surface area contributed by atoms with E-state index >= 15 is 0 Å². The van der Waals surface area contributed by atoms with Gasteiger partial charge < -0.3 is 10.6 Å². The molecular formula is C10H9Br2FN2O3S. The van der Waals surface area contributed by atoms with Gasteiger partial charge in [0, 0.05) is 21.9 Å². The van der Waals surface area contributed by atoms with Gasteiger partial charge in [-0.2, -0.15) is 8.42 Å². The third kappa shape index (κ3) is 2.92. The van der Waals surface area contributed by atoms with E-state index in [9.17, 15) is 17.1 Å². The van der Waals surface area contributed by atoms with Crippen LogP contribution in [-0.2, 0) is 15.0 Å². The van der Waals surface area contributed by atoms with Gasteiger partial charge in [0.15, 0.2) is 0 Å². The molecule has 0 radical (unpaired) electrons. The van der Waals surface area contributed by atoms with E-state index in [4.69, 9.17) is 5.73 Å². The lowest BCUT2D eigenvalue weighted by molar-refractivity contribution is -0.117. The van der Waals surface area contributed by atoms with Crippen molar-refractivity contribution in [3.63, 3.8) is 0 Å². The number of anilines is 2. The van der Waals surface area contributed by atoms with Crippen molar-refractivity contribution in [2.75, 3.05) is 17.2 Å². The minimum atomic E-state index is -4.73. The molecule has 1 aliphatic heterocycles. The Morgan fingerprint density at radius 2 is 1.89 bits per heavy atom. The maximum absolute atomic E-state index is 12.9. The highest BCUT2D eigenvalue weighted by atomic mass is 79.9. The first-order chi connectivity index (χ1) is 8.70. The minimum absolute atomic E-state index is 0.226. The number of rotatable bonds is 2. The number of benzene rings is 1. The number of hydrogen-bond donors (Lipinski definition) is 1. The van der Waals surface area contributed by atoms with E-state index in [1.807, 2.05) is 0 Å². The predicted octanol–water partition coefficient (Wildman–Crippen LogP) is 2.20. The van der Waals surface area contributed by atoms with Crippen LogP contribution in [0.2, 0.25) is 0 Å². The second-order valence-corrected chi connectivity index (χ2v) is 7.46. The molecule has 1 atom stereocenters. The summed E-state index contributed by atoms with van der Waals surface area (Å²) in [5.74, 6) is -0.466. The van der Waals surface area contributed by atoms with Crippen molar-refractivity contribution in [3.05, 3.63) is 21.1 Å². The molecule has 1 heterocycles. The number of nitrogen functional groups attached to an aromatic ring is 1. The molecule has 1 fully saturated rings. The summed E-state index contributed by atoms with van der Waals surface area (Å²) in [6, 6.07) is 3.18. The summed E-state index contributed by atoms with van der Waals surface area (Å²) < 4.78 is 36.0. The van der Waals surface area contributed by atoms with Gasteiger partial charge in [-0.25, -0.2) is 0 Å². The summed E-state index contributed by atoms with van der Waals surface area (Å²) in [4.78, 5) is 13.0. The highest BCUT2D eigenvalue weighted by Crippen LogP contribution is 2.36. The van der Waals surface area contributed by atoms with Crippen LogP contribution in [0, 0.1) is 0 Å². The van der Waals surface area contributed by atoms with E-state index in [1.165, 1.54) is 4.90 Å². The van der Waals surface area contributed by atoms with E-state index < -0.39 is 21.4 Å². The number of nitrogens with zero attached hydrogens (tertiary/aromatic N) is 1. The number of amides is 1. The van der Waals surface area contributed by atoms with E-state index in [0.29, 0.717) is 20.3 Å². The molecule has 2 N–H and O–H groups in total. The predicted molar refractivity (Wildman–Crippen MR) is 77.0 cm³/mol. The van der Waals surface area contributed by atoms with E-state index in [0.717, 1.165) is 0 Å². The first-order valence-corrected chi connectivity index (χ1v) is 8.21. The van der Waals surface area contributed by atoms with Crippen LogP contribution in [-0.4, -0.2) is 26.1 Å². The lowest BCUT2D eigenvalue weighted by Crippen LogP contribution is -2.27. The molecule has 1 amide bonds. The van der Waals surface area contributed by atoms with Gasteiger partial charge in [0.25, 0.3) is 0 Å². The van der Waals surface area contributed by atoms with Crippen LogP contribution in [0.4, 0.5) is 15.3 Å². The Balaban J connectivity index is 2.39. The third-order valence-corrected chi connectivity index (χ3v) is 5.80. The fourth-order valence-electron chi connectivity index (χ4n) is 1.88. The van der Waals surface area contributed by atoms with Gasteiger partial charge in [0.05, 0.1) is 11.4 Å². The normalized spacial score (nSPS) is 20.1. The molecular weight excluding hydrogens is 407 g/mol. The van der Waals surface area contributed by atoms with Crippen molar-refractivity contribution in [1.82, 2.24) is 0 Å². The van der Waals surface area contributed by atoms with Crippen LogP contribution < -0.4 is 10.6 Å². The van der Waals surface area contributed by atoms with Crippen LogP contribution in [0.5, 0.6) is 0 Å². The van der Waals surface area contributed by atoms with Crippen LogP contribution in [0.1, 0.15) is 6.42 Å². The monoisotopic (exact) mass is 414 g/mol. The standard InChI is InChI=1S/C10H9Br2FN2O3S/c11-6-2-8(14)9(3-7(6)12)15-4-5(1-10(15)16)19(13,17)18/h2-3,5H,1,4,14H2. The molecule has 1 aromatic carbocycles. The van der Waals surface area contributed by atoms with Crippen molar-refractivity contribution < 1.29 is 17.1 Å². The largest absolute Gasteiger partial charge is 0.397 e. The zero-order valence-corrected chi connectivity index (χ0v) is 13.4. The van der Waals surface area contributed by atoms with Gasteiger partial charge in [-0.05, 0) is 44.0 Å². The van der Waals surface area contributed by atoms with Crippen LogP contribution in [0.15, 0.2) is 21.1 Å². The number of hydrogen-bond acceptors (Lipinski definition) is 4. The molecule has 0 spiro atoms. The minimum Gasteiger partial charge on any atom is -0.397 e. The highest BCUT2D eigenvalue weighted by Gasteiger charge is 2.39. The summed E-state index contributed by atoms with van der Waals surface area (Å²) in [5, 5.41) is -1.33. The van der Waals surface area contributed by atoms with Crippen molar-refractivity contribution in [1.29, 1.82) is 0 Å². The molecule has 0 saturated carbocycles. The zero-order valence-electron chi connectivity index (χ0n) is 9.44. The summed E-state index contributed by atoms with van der Waals surface area (Å²) in [6.07, 6.45) is -0.369. The van der Waals surface area contributed by atoms with Crippen molar-refractivity contribution in [3.8, 4) is 0 Å². The lowest BCUT2D eigenvalue weighted by atomic mass is 10.2. The number of nitrogens with two attached hydrogens (primary N) is 1. The summed E-state index contributed by atoms with van der Waals surface area (Å²) in [5.41, 5.74) is 6.47. The Kier molecular flexibility index (Phi) is 3.90. The Bertz CT molecular complexity index is 650. The van der Waals surface area contributed by atoms with Gasteiger partial charge in [0.2, 0.25) is 5.91 Å². The van der Waals surface area contributed by atoms with E-state index in [-0.39, 0.29) is 13.0 Å². The van der Waals surface area contributed by atoms with Crippen LogP contribution in [0.3, 0.4) is 0 Å². The molecule has 0 aromatic heterocycles. The Morgan fingerprint density at radius 1 is 1.32 bits per heavy atom. The Hall–Kier alpha value is -0.670. The average molecular weight is 416 g/mol. The number of carbonyl (C=O) groups is 1. The van der Waals surface area contributed by atoms with Crippen molar-refractivity contribution in [2.24, 2.45) is 0 Å². The van der Waals surface area contributed by atoms with Gasteiger partial charge in [0.1, 0.15) is 5.25 Å². The molecule has 0 bridgehead atoms. The topological polar surface area (TPSA) is 80.5 Å². The van der Waals surface area contributed by atoms with Gasteiger partial charge in [-0.15, -0.1) is 3.89 Å². The fourth-order valence-corrected chi connectivity index (χ4v) is 3.24. The molecule has 1 saturated heterocycles. The maximum Gasteiger partial charge on any atom is 0.307 e. The lowest BCUT2D eigenvalue weighted by Gasteiger charge is -2.19. The maximum atomic E-state index is 12.9. The molecule has 1 aromatic rings. The number of halogens is 3.